The van der Waals surface area contributed by atoms with Crippen molar-refractivity contribution in [2.75, 3.05) is 12.4 Å². The molecule has 1 atom stereocenters. The zero-order chi connectivity index (χ0) is 19.4. The van der Waals surface area contributed by atoms with Crippen LogP contribution in [0.25, 0.3) is 0 Å². The van der Waals surface area contributed by atoms with E-state index in [0.29, 0.717) is 10.9 Å². The lowest BCUT2D eigenvalue weighted by Crippen LogP contribution is -2.29. The Bertz CT molecular complexity index is 907. The van der Waals surface area contributed by atoms with Crippen LogP contribution in [0.1, 0.15) is 12.1 Å². The van der Waals surface area contributed by atoms with Gasteiger partial charge in [-0.25, -0.2) is 4.39 Å². The third-order valence-corrected chi connectivity index (χ3v) is 5.11. The Hall–Kier alpha value is -2.94. The van der Waals surface area contributed by atoms with Crippen LogP contribution in [0.2, 0.25) is 0 Å². The number of carbonyl (C=O) groups is 2. The van der Waals surface area contributed by atoms with Gasteiger partial charge >= 0.3 is 0 Å². The number of halogens is 1. The van der Waals surface area contributed by atoms with Crippen LogP contribution in [0.4, 0.5) is 10.1 Å². The van der Waals surface area contributed by atoms with E-state index in [2.05, 4.69) is 15.4 Å². The van der Waals surface area contributed by atoms with Crippen LogP contribution in [-0.4, -0.2) is 45.1 Å². The molecule has 3 rings (SSSR count). The Labute approximate surface area is 160 Å². The van der Waals surface area contributed by atoms with Crippen LogP contribution in [0.5, 0.6) is 0 Å². The van der Waals surface area contributed by atoms with Gasteiger partial charge in [-0.3, -0.25) is 14.6 Å². The summed E-state index contributed by atoms with van der Waals surface area (Å²) in [5.41, 5.74) is 1.31. The normalized spacial score (nSPS) is 18.6. The first-order valence-electron chi connectivity index (χ1n) is 8.16. The van der Waals surface area contributed by atoms with E-state index in [4.69, 9.17) is 0 Å². The number of aliphatic imine (C=N–C) groups is 1. The molecule has 7 nitrogen and oxygen atoms in total. The van der Waals surface area contributed by atoms with Crippen molar-refractivity contribution in [2.45, 2.75) is 11.7 Å². The molecule has 0 unspecified atom stereocenters. The maximum Gasteiger partial charge on any atom is 0.263 e. The Morgan fingerprint density at radius 1 is 1.33 bits per heavy atom. The fourth-order valence-corrected chi connectivity index (χ4v) is 3.51. The number of aromatic nitrogens is 1. The van der Waals surface area contributed by atoms with Crippen LogP contribution in [0, 0.1) is 5.82 Å². The van der Waals surface area contributed by atoms with Gasteiger partial charge in [0.2, 0.25) is 5.91 Å². The number of hydrogen-bond donors (Lipinski definition) is 1. The summed E-state index contributed by atoms with van der Waals surface area (Å²) in [6.45, 7) is 0. The zero-order valence-electron chi connectivity index (χ0n) is 14.8. The summed E-state index contributed by atoms with van der Waals surface area (Å²) in [7, 11) is 3.45. The molecule has 1 aliphatic rings. The van der Waals surface area contributed by atoms with Gasteiger partial charge in [0.1, 0.15) is 11.1 Å². The van der Waals surface area contributed by atoms with Gasteiger partial charge in [0.25, 0.3) is 5.91 Å². The van der Waals surface area contributed by atoms with E-state index >= 15 is 0 Å². The highest BCUT2D eigenvalue weighted by molar-refractivity contribution is 8.15. The second-order valence-electron chi connectivity index (χ2n) is 5.81. The minimum Gasteiger partial charge on any atom is -0.350 e. The summed E-state index contributed by atoms with van der Waals surface area (Å²) in [6.07, 6.45) is 3.42. The summed E-state index contributed by atoms with van der Waals surface area (Å²) >= 11 is 1.19. The second kappa shape index (κ2) is 8.17. The molecule has 0 bridgehead atoms. The zero-order valence-corrected chi connectivity index (χ0v) is 15.6. The molecule has 1 N–H and O–H groups in total. The number of aryl methyl sites for hydroxylation is 1. The van der Waals surface area contributed by atoms with Crippen molar-refractivity contribution in [1.29, 1.82) is 0 Å². The Morgan fingerprint density at radius 2 is 2.07 bits per heavy atom. The van der Waals surface area contributed by atoms with Crippen LogP contribution >= 0.6 is 11.8 Å². The number of nitrogens with one attached hydrogen (secondary N) is 1. The van der Waals surface area contributed by atoms with Gasteiger partial charge in [0, 0.05) is 32.4 Å². The minimum atomic E-state index is -0.616. The molecule has 0 spiro atoms. The maximum absolute atomic E-state index is 12.9. The van der Waals surface area contributed by atoms with E-state index in [1.54, 1.807) is 13.3 Å². The van der Waals surface area contributed by atoms with Crippen LogP contribution in [0.15, 0.2) is 52.7 Å². The van der Waals surface area contributed by atoms with Crippen LogP contribution in [-0.2, 0) is 16.6 Å². The van der Waals surface area contributed by atoms with Gasteiger partial charge in [0.15, 0.2) is 5.17 Å². The molecule has 2 heterocycles. The highest BCUT2D eigenvalue weighted by Gasteiger charge is 2.39. The Balaban J connectivity index is 1.66. The largest absolute Gasteiger partial charge is 0.350 e. The van der Waals surface area contributed by atoms with Crippen molar-refractivity contribution in [3.8, 4) is 0 Å². The molecule has 1 aromatic heterocycles. The average Bonchev–Trinajstić information content (AvgIpc) is 3.18. The molecule has 27 heavy (non-hydrogen) atoms. The quantitative estimate of drug-likeness (QED) is 0.801. The molecular weight excluding hydrogens is 369 g/mol. The van der Waals surface area contributed by atoms with Gasteiger partial charge < -0.3 is 9.88 Å². The summed E-state index contributed by atoms with van der Waals surface area (Å²) < 4.78 is 14.8. The first kappa shape index (κ1) is 18.8. The van der Waals surface area contributed by atoms with Gasteiger partial charge in [-0.2, -0.15) is 10.1 Å². The van der Waals surface area contributed by atoms with Crippen molar-refractivity contribution in [1.82, 2.24) is 9.58 Å². The van der Waals surface area contributed by atoms with Gasteiger partial charge in [-0.05, 0) is 36.4 Å². The SMILES string of the molecule is CN=C1S[C@H](CC(=O)Nc2ccc(F)cc2)C(=O)N1/N=C\c1cccn1C. The number of nitrogens with zero attached hydrogens (tertiary/aromatic N) is 4. The van der Waals surface area contributed by atoms with Gasteiger partial charge in [0.05, 0.1) is 11.9 Å². The van der Waals surface area contributed by atoms with Crippen molar-refractivity contribution in [3.63, 3.8) is 0 Å². The molecule has 0 radical (unpaired) electrons. The molecule has 1 aromatic carbocycles. The molecule has 2 aromatic rings. The summed E-state index contributed by atoms with van der Waals surface area (Å²) in [5, 5.41) is 7.91. The second-order valence-corrected chi connectivity index (χ2v) is 6.98. The molecule has 1 fully saturated rings. The summed E-state index contributed by atoms with van der Waals surface area (Å²) in [6, 6.07) is 9.19. The molecule has 2 amide bonds. The monoisotopic (exact) mass is 387 g/mol. The number of anilines is 1. The summed E-state index contributed by atoms with van der Waals surface area (Å²) in [5.74, 6) is -1.03. The number of hydrogen-bond acceptors (Lipinski definition) is 5. The Kier molecular flexibility index (Phi) is 5.70. The summed E-state index contributed by atoms with van der Waals surface area (Å²) in [4.78, 5) is 28.9. The highest BCUT2D eigenvalue weighted by atomic mass is 32.2. The van der Waals surface area contributed by atoms with E-state index in [0.717, 1.165) is 5.69 Å². The van der Waals surface area contributed by atoms with Crippen LogP contribution < -0.4 is 5.32 Å². The number of carbonyl (C=O) groups excluding carboxylic acids is 2. The topological polar surface area (TPSA) is 79.1 Å². The molecule has 1 saturated heterocycles. The maximum atomic E-state index is 12.9. The fourth-order valence-electron chi connectivity index (χ4n) is 2.48. The molecule has 9 heteroatoms. The number of amidine groups is 1. The predicted molar refractivity (Wildman–Crippen MR) is 104 cm³/mol. The van der Waals surface area contributed by atoms with E-state index in [1.165, 1.54) is 41.0 Å². The standard InChI is InChI=1S/C18H18FN5O2S/c1-20-18-24(21-11-14-4-3-9-23(14)2)17(26)15(27-18)10-16(25)22-13-7-5-12(19)6-8-13/h3-9,11,15H,10H2,1-2H3,(H,22,25)/b20-18?,21-11-/t15-/m1/s1. The van der Waals surface area contributed by atoms with E-state index in [-0.39, 0.29) is 24.1 Å². The fraction of sp³-hybridized carbons (Fsp3) is 0.222. The number of thioether (sulfide) groups is 1. The van der Waals surface area contributed by atoms with Gasteiger partial charge in [-0.1, -0.05) is 11.8 Å². The van der Waals surface area contributed by atoms with Crippen molar-refractivity contribution in [3.05, 3.63) is 54.1 Å². The number of hydrazone groups is 1. The lowest BCUT2D eigenvalue weighted by atomic mass is 10.2. The lowest BCUT2D eigenvalue weighted by Gasteiger charge is -2.09. The van der Waals surface area contributed by atoms with Crippen molar-refractivity contribution < 1.29 is 14.0 Å². The third kappa shape index (κ3) is 4.43. The van der Waals surface area contributed by atoms with Gasteiger partial charge in [-0.15, -0.1) is 0 Å². The lowest BCUT2D eigenvalue weighted by molar-refractivity contribution is -0.128. The molecule has 0 saturated carbocycles. The highest BCUT2D eigenvalue weighted by Crippen LogP contribution is 2.30. The average molecular weight is 387 g/mol. The van der Waals surface area contributed by atoms with Crippen molar-refractivity contribution in [2.24, 2.45) is 17.1 Å². The molecule has 1 aliphatic heterocycles. The number of benzene rings is 1. The van der Waals surface area contributed by atoms with E-state index in [9.17, 15) is 14.0 Å². The number of amides is 2. The molecular formula is C18H18FN5O2S. The van der Waals surface area contributed by atoms with Crippen molar-refractivity contribution >= 4 is 40.6 Å². The Morgan fingerprint density at radius 3 is 2.70 bits per heavy atom. The third-order valence-electron chi connectivity index (χ3n) is 3.89. The van der Waals surface area contributed by atoms with Crippen LogP contribution in [0.3, 0.4) is 0 Å². The van der Waals surface area contributed by atoms with E-state index < -0.39 is 5.25 Å². The first-order valence-corrected chi connectivity index (χ1v) is 9.04. The smallest absolute Gasteiger partial charge is 0.263 e. The first-order chi connectivity index (χ1) is 13.0. The predicted octanol–water partition coefficient (Wildman–Crippen LogP) is 2.46. The van der Waals surface area contributed by atoms with E-state index in [1.807, 2.05) is 29.9 Å². The minimum absolute atomic E-state index is 0.0317. The molecule has 140 valence electrons. The number of rotatable bonds is 5. The molecule has 0 aliphatic carbocycles.